The third-order valence-electron chi connectivity index (χ3n) is 2.57. The molecule has 0 fully saturated rings. The molecule has 0 radical (unpaired) electrons. The zero-order valence-electron chi connectivity index (χ0n) is 10.3. The Balaban J connectivity index is 2.20. The lowest BCUT2D eigenvalue weighted by Crippen LogP contribution is -2.13. The van der Waals surface area contributed by atoms with E-state index in [1.54, 1.807) is 6.07 Å². The molecule has 0 unspecified atom stereocenters. The lowest BCUT2D eigenvalue weighted by Gasteiger charge is -2.01. The van der Waals surface area contributed by atoms with Gasteiger partial charge in [0.25, 0.3) is 0 Å². The fourth-order valence-corrected chi connectivity index (χ4v) is 2.10. The summed E-state index contributed by atoms with van der Waals surface area (Å²) in [5, 5.41) is 7.42. The van der Waals surface area contributed by atoms with Crippen LogP contribution >= 0.6 is 23.2 Å². The number of rotatable bonds is 5. The lowest BCUT2D eigenvalue weighted by molar-refractivity contribution is 0.420. The second-order valence-electron chi connectivity index (χ2n) is 4.11. The molecule has 0 bridgehead atoms. The van der Waals surface area contributed by atoms with E-state index in [0.29, 0.717) is 22.9 Å². The van der Waals surface area contributed by atoms with E-state index in [4.69, 9.17) is 27.7 Å². The van der Waals surface area contributed by atoms with Crippen LogP contribution < -0.4 is 5.32 Å². The summed E-state index contributed by atoms with van der Waals surface area (Å²) in [6.07, 6.45) is 1.04. The molecule has 19 heavy (non-hydrogen) atoms. The van der Waals surface area contributed by atoms with Crippen molar-refractivity contribution in [1.82, 2.24) is 10.5 Å². The average molecular weight is 303 g/mol. The minimum atomic E-state index is -0.539. The maximum Gasteiger partial charge on any atom is 0.168 e. The van der Waals surface area contributed by atoms with Gasteiger partial charge in [-0.2, -0.15) is 0 Å². The number of halogens is 3. The molecule has 0 amide bonds. The minimum Gasteiger partial charge on any atom is -0.356 e. The predicted octanol–water partition coefficient (Wildman–Crippen LogP) is 4.29. The van der Waals surface area contributed by atoms with Gasteiger partial charge in [0.15, 0.2) is 5.76 Å². The molecular formula is C13H13Cl2FN2O. The maximum atomic E-state index is 13.4. The highest BCUT2D eigenvalue weighted by Crippen LogP contribution is 2.32. The number of benzene rings is 1. The molecule has 1 aromatic carbocycles. The van der Waals surface area contributed by atoms with Crippen molar-refractivity contribution in [2.24, 2.45) is 0 Å². The molecule has 2 rings (SSSR count). The first-order valence-corrected chi connectivity index (χ1v) is 6.68. The molecule has 2 aromatic rings. The molecule has 102 valence electrons. The zero-order chi connectivity index (χ0) is 13.8. The molecule has 1 aromatic heterocycles. The Morgan fingerprint density at radius 3 is 2.79 bits per heavy atom. The lowest BCUT2D eigenvalue weighted by atomic mass is 10.1. The van der Waals surface area contributed by atoms with Crippen LogP contribution in [-0.4, -0.2) is 11.7 Å². The second kappa shape index (κ2) is 6.37. The van der Waals surface area contributed by atoms with E-state index in [0.717, 1.165) is 18.7 Å². The second-order valence-corrected chi connectivity index (χ2v) is 4.92. The number of hydrogen-bond donors (Lipinski definition) is 1. The fraction of sp³-hybridized carbons (Fsp3) is 0.308. The first-order chi connectivity index (χ1) is 9.11. The summed E-state index contributed by atoms with van der Waals surface area (Å²) >= 11 is 11.7. The summed E-state index contributed by atoms with van der Waals surface area (Å²) in [6.45, 7) is 3.58. The Morgan fingerprint density at radius 1 is 1.26 bits per heavy atom. The summed E-state index contributed by atoms with van der Waals surface area (Å²) < 4.78 is 18.6. The number of nitrogens with one attached hydrogen (secondary N) is 1. The maximum absolute atomic E-state index is 13.4. The molecule has 0 aliphatic carbocycles. The molecule has 3 nitrogen and oxygen atoms in total. The molecule has 0 spiro atoms. The van der Waals surface area contributed by atoms with Crippen LogP contribution in [0.5, 0.6) is 0 Å². The first-order valence-electron chi connectivity index (χ1n) is 5.93. The van der Waals surface area contributed by atoms with Crippen molar-refractivity contribution < 1.29 is 8.91 Å². The van der Waals surface area contributed by atoms with E-state index in [2.05, 4.69) is 17.4 Å². The van der Waals surface area contributed by atoms with Gasteiger partial charge in [0.05, 0.1) is 15.7 Å². The molecule has 0 saturated carbocycles. The van der Waals surface area contributed by atoms with Gasteiger partial charge >= 0.3 is 0 Å². The Bertz CT molecular complexity index is 572. The summed E-state index contributed by atoms with van der Waals surface area (Å²) in [4.78, 5) is 0. The topological polar surface area (TPSA) is 38.1 Å². The van der Waals surface area contributed by atoms with Gasteiger partial charge in [-0.15, -0.1) is 0 Å². The normalized spacial score (nSPS) is 10.9. The van der Waals surface area contributed by atoms with Gasteiger partial charge in [0.1, 0.15) is 5.82 Å². The van der Waals surface area contributed by atoms with Gasteiger partial charge in [-0.25, -0.2) is 4.39 Å². The summed E-state index contributed by atoms with van der Waals surface area (Å²) in [7, 11) is 0. The van der Waals surface area contributed by atoms with Crippen molar-refractivity contribution in [3.05, 3.63) is 39.8 Å². The SMILES string of the molecule is CCCNCc1cc(-c2cc(F)c(Cl)cc2Cl)on1. The van der Waals surface area contributed by atoms with Crippen molar-refractivity contribution in [3.63, 3.8) is 0 Å². The monoisotopic (exact) mass is 302 g/mol. The highest BCUT2D eigenvalue weighted by molar-refractivity contribution is 6.36. The summed E-state index contributed by atoms with van der Waals surface area (Å²) in [6, 6.07) is 4.33. The number of nitrogens with zero attached hydrogens (tertiary/aromatic N) is 1. The quantitative estimate of drug-likeness (QED) is 0.661. The fourth-order valence-electron chi connectivity index (χ4n) is 1.63. The zero-order valence-corrected chi connectivity index (χ0v) is 11.9. The van der Waals surface area contributed by atoms with Crippen molar-refractivity contribution in [3.8, 4) is 11.3 Å². The van der Waals surface area contributed by atoms with Gasteiger partial charge in [-0.05, 0) is 25.1 Å². The van der Waals surface area contributed by atoms with E-state index in [1.807, 2.05) is 0 Å². The van der Waals surface area contributed by atoms with Gasteiger partial charge in [0, 0.05) is 18.2 Å². The molecule has 0 saturated heterocycles. The Morgan fingerprint density at radius 2 is 2.05 bits per heavy atom. The van der Waals surface area contributed by atoms with Crippen molar-refractivity contribution in [1.29, 1.82) is 0 Å². The predicted molar refractivity (Wildman–Crippen MR) is 73.9 cm³/mol. The van der Waals surface area contributed by atoms with Crippen LogP contribution in [-0.2, 0) is 6.54 Å². The third-order valence-corrected chi connectivity index (χ3v) is 3.17. The van der Waals surface area contributed by atoms with E-state index in [9.17, 15) is 4.39 Å². The van der Waals surface area contributed by atoms with E-state index >= 15 is 0 Å². The molecule has 1 N–H and O–H groups in total. The van der Waals surface area contributed by atoms with E-state index < -0.39 is 5.82 Å². The Hall–Kier alpha value is -1.10. The van der Waals surface area contributed by atoms with Crippen molar-refractivity contribution in [2.75, 3.05) is 6.54 Å². The largest absolute Gasteiger partial charge is 0.356 e. The van der Waals surface area contributed by atoms with E-state index in [1.165, 1.54) is 12.1 Å². The van der Waals surface area contributed by atoms with Crippen LogP contribution in [0.2, 0.25) is 10.0 Å². The van der Waals surface area contributed by atoms with Crippen molar-refractivity contribution >= 4 is 23.2 Å². The standard InChI is InChI=1S/C13H13Cl2FN2O/c1-2-3-17-7-8-4-13(19-18-8)9-5-12(16)11(15)6-10(9)14/h4-6,17H,2-3,7H2,1H3. The summed E-state index contributed by atoms with van der Waals surface area (Å²) in [5.74, 6) is -0.114. The van der Waals surface area contributed by atoms with Gasteiger partial charge in [-0.3, -0.25) is 0 Å². The highest BCUT2D eigenvalue weighted by atomic mass is 35.5. The van der Waals surface area contributed by atoms with Crippen molar-refractivity contribution in [2.45, 2.75) is 19.9 Å². The number of aromatic nitrogens is 1. The van der Waals surface area contributed by atoms with E-state index in [-0.39, 0.29) is 5.02 Å². The van der Waals surface area contributed by atoms with Gasteiger partial charge in [-0.1, -0.05) is 35.3 Å². The molecular weight excluding hydrogens is 290 g/mol. The smallest absolute Gasteiger partial charge is 0.168 e. The molecule has 0 aliphatic heterocycles. The van der Waals surface area contributed by atoms with Crippen LogP contribution in [0, 0.1) is 5.82 Å². The van der Waals surface area contributed by atoms with Crippen LogP contribution in [0.3, 0.4) is 0 Å². The van der Waals surface area contributed by atoms with Crippen LogP contribution in [0.25, 0.3) is 11.3 Å². The minimum absolute atomic E-state index is 0.0156. The third kappa shape index (κ3) is 3.47. The number of hydrogen-bond acceptors (Lipinski definition) is 3. The van der Waals surface area contributed by atoms with Gasteiger partial charge < -0.3 is 9.84 Å². The Kier molecular flexibility index (Phi) is 4.80. The Labute approximate surface area is 120 Å². The summed E-state index contributed by atoms with van der Waals surface area (Å²) in [5.41, 5.74) is 1.19. The van der Waals surface area contributed by atoms with Crippen LogP contribution in [0.15, 0.2) is 22.7 Å². The first kappa shape index (κ1) is 14.3. The van der Waals surface area contributed by atoms with Crippen LogP contribution in [0.1, 0.15) is 19.0 Å². The molecule has 0 atom stereocenters. The van der Waals surface area contributed by atoms with Crippen LogP contribution in [0.4, 0.5) is 4.39 Å². The molecule has 0 aliphatic rings. The highest BCUT2D eigenvalue weighted by Gasteiger charge is 2.13. The molecule has 6 heteroatoms. The molecule has 1 heterocycles. The van der Waals surface area contributed by atoms with Gasteiger partial charge in [0.2, 0.25) is 0 Å². The average Bonchev–Trinajstić information content (AvgIpc) is 2.83.